The summed E-state index contributed by atoms with van der Waals surface area (Å²) in [6.07, 6.45) is 4.24. The van der Waals surface area contributed by atoms with Crippen LogP contribution in [0.1, 0.15) is 13.8 Å². The van der Waals surface area contributed by atoms with Crippen molar-refractivity contribution in [3.05, 3.63) is 23.8 Å². The van der Waals surface area contributed by atoms with Gasteiger partial charge in [-0.05, 0) is 19.9 Å². The molecule has 0 saturated heterocycles. The molecule has 0 aliphatic heterocycles. The van der Waals surface area contributed by atoms with Crippen molar-refractivity contribution >= 4 is 11.9 Å². The summed E-state index contributed by atoms with van der Waals surface area (Å²) < 4.78 is 5.34. The highest BCUT2D eigenvalue weighted by Crippen LogP contribution is 2.34. The topological polar surface area (TPSA) is 83.8 Å². The molecule has 0 aromatic heterocycles. The molecule has 2 N–H and O–H groups in total. The Kier molecular flexibility index (Phi) is 3.49. The zero-order valence-corrected chi connectivity index (χ0v) is 9.14. The Labute approximate surface area is 93.0 Å². The van der Waals surface area contributed by atoms with E-state index in [4.69, 9.17) is 14.9 Å². The van der Waals surface area contributed by atoms with Crippen LogP contribution in [0.3, 0.4) is 0 Å². The lowest BCUT2D eigenvalue weighted by Crippen LogP contribution is -2.46. The molecule has 88 valence electrons. The molecule has 0 spiro atoms. The highest BCUT2D eigenvalue weighted by atomic mass is 16.5. The minimum atomic E-state index is -1.32. The van der Waals surface area contributed by atoms with E-state index in [1.54, 1.807) is 6.92 Å². The van der Waals surface area contributed by atoms with Gasteiger partial charge < -0.3 is 14.9 Å². The molecular weight excluding hydrogens is 212 g/mol. The van der Waals surface area contributed by atoms with E-state index in [-0.39, 0.29) is 12.2 Å². The minimum Gasteiger partial charge on any atom is -0.481 e. The average molecular weight is 226 g/mol. The van der Waals surface area contributed by atoms with Gasteiger partial charge in [0, 0.05) is 6.61 Å². The number of carboxylic acids is 2. The first-order valence-corrected chi connectivity index (χ1v) is 4.92. The van der Waals surface area contributed by atoms with Crippen LogP contribution < -0.4 is 0 Å². The summed E-state index contributed by atoms with van der Waals surface area (Å²) in [5.74, 6) is -3.24. The van der Waals surface area contributed by atoms with E-state index < -0.39 is 23.5 Å². The third kappa shape index (κ3) is 1.99. The molecule has 1 aliphatic carbocycles. The molecule has 1 aliphatic rings. The maximum Gasteiger partial charge on any atom is 0.334 e. The van der Waals surface area contributed by atoms with Crippen LogP contribution in [-0.2, 0) is 14.3 Å². The second kappa shape index (κ2) is 4.49. The SMILES string of the molecule is CCOC1(C)C(C(=O)O)=CC=CC1C(=O)O. The standard InChI is InChI=1S/C11H14O5/c1-3-16-11(2)7(9(12)13)5-4-6-8(11)10(14)15/h4-7H,3H2,1-2H3,(H,12,13)(H,14,15). The van der Waals surface area contributed by atoms with Crippen molar-refractivity contribution in [1.82, 2.24) is 0 Å². The van der Waals surface area contributed by atoms with E-state index in [1.807, 2.05) is 0 Å². The second-order valence-electron chi connectivity index (χ2n) is 3.63. The van der Waals surface area contributed by atoms with Crippen LogP contribution in [0, 0.1) is 5.92 Å². The summed E-state index contributed by atoms with van der Waals surface area (Å²) in [4.78, 5) is 22.1. The van der Waals surface area contributed by atoms with Gasteiger partial charge in [-0.25, -0.2) is 4.79 Å². The molecule has 2 atom stereocenters. The number of hydrogen-bond donors (Lipinski definition) is 2. The second-order valence-corrected chi connectivity index (χ2v) is 3.63. The van der Waals surface area contributed by atoms with E-state index in [0.29, 0.717) is 0 Å². The summed E-state index contributed by atoms with van der Waals surface area (Å²) in [6, 6.07) is 0. The first-order valence-electron chi connectivity index (χ1n) is 4.92. The van der Waals surface area contributed by atoms with E-state index in [2.05, 4.69) is 0 Å². The molecule has 0 aromatic rings. The van der Waals surface area contributed by atoms with Gasteiger partial charge in [0.05, 0.1) is 5.57 Å². The summed E-state index contributed by atoms with van der Waals surface area (Å²) in [6.45, 7) is 3.43. The molecule has 16 heavy (non-hydrogen) atoms. The number of carboxylic acid groups (broad SMARTS) is 2. The Hall–Kier alpha value is -1.62. The summed E-state index contributed by atoms with van der Waals surface area (Å²) in [7, 11) is 0. The van der Waals surface area contributed by atoms with Gasteiger partial charge in [-0.3, -0.25) is 4.79 Å². The Balaban J connectivity index is 3.19. The predicted octanol–water partition coefficient (Wildman–Crippen LogP) is 1.06. The first kappa shape index (κ1) is 12.4. The smallest absolute Gasteiger partial charge is 0.334 e. The lowest BCUT2D eigenvalue weighted by molar-refractivity contribution is -0.151. The van der Waals surface area contributed by atoms with Gasteiger partial charge in [-0.2, -0.15) is 0 Å². The van der Waals surface area contributed by atoms with Gasteiger partial charge >= 0.3 is 11.9 Å². The fraction of sp³-hybridized carbons (Fsp3) is 0.455. The molecule has 1 rings (SSSR count). The number of hydrogen-bond acceptors (Lipinski definition) is 3. The van der Waals surface area contributed by atoms with Crippen molar-refractivity contribution < 1.29 is 24.5 Å². The number of ether oxygens (including phenoxy) is 1. The third-order valence-electron chi connectivity index (χ3n) is 2.64. The Morgan fingerprint density at radius 2 is 2.12 bits per heavy atom. The normalized spacial score (nSPS) is 28.6. The van der Waals surface area contributed by atoms with Crippen molar-refractivity contribution in [2.45, 2.75) is 19.4 Å². The van der Waals surface area contributed by atoms with E-state index in [9.17, 15) is 9.59 Å². The molecule has 5 heteroatoms. The zero-order chi connectivity index (χ0) is 12.3. The zero-order valence-electron chi connectivity index (χ0n) is 9.14. The number of allylic oxidation sites excluding steroid dienone is 2. The molecule has 0 saturated carbocycles. The van der Waals surface area contributed by atoms with Gasteiger partial charge in [-0.1, -0.05) is 12.2 Å². The van der Waals surface area contributed by atoms with Crippen LogP contribution in [0.25, 0.3) is 0 Å². The molecular formula is C11H14O5. The number of rotatable bonds is 4. The largest absolute Gasteiger partial charge is 0.481 e. The maximum atomic E-state index is 11.1. The number of aliphatic carboxylic acids is 2. The van der Waals surface area contributed by atoms with Crippen molar-refractivity contribution in [2.75, 3.05) is 6.61 Å². The van der Waals surface area contributed by atoms with E-state index >= 15 is 0 Å². The summed E-state index contributed by atoms with van der Waals surface area (Å²) >= 11 is 0. The van der Waals surface area contributed by atoms with Crippen LogP contribution in [0.2, 0.25) is 0 Å². The monoisotopic (exact) mass is 226 g/mol. The van der Waals surface area contributed by atoms with Gasteiger partial charge in [0.1, 0.15) is 11.5 Å². The van der Waals surface area contributed by atoms with Gasteiger partial charge in [0.2, 0.25) is 0 Å². The summed E-state index contributed by atoms with van der Waals surface area (Å²) in [5, 5.41) is 18.1. The molecule has 0 aromatic carbocycles. The molecule has 2 unspecified atom stereocenters. The Morgan fingerprint density at radius 1 is 1.50 bits per heavy atom. The molecule has 5 nitrogen and oxygen atoms in total. The van der Waals surface area contributed by atoms with Crippen LogP contribution >= 0.6 is 0 Å². The minimum absolute atomic E-state index is 0.0377. The molecule has 0 amide bonds. The lowest BCUT2D eigenvalue weighted by Gasteiger charge is -2.35. The van der Waals surface area contributed by atoms with Gasteiger partial charge in [-0.15, -0.1) is 0 Å². The Bertz CT molecular complexity index is 369. The van der Waals surface area contributed by atoms with E-state index in [1.165, 1.54) is 25.2 Å². The molecule has 0 radical (unpaired) electrons. The molecule has 0 fully saturated rings. The van der Waals surface area contributed by atoms with E-state index in [0.717, 1.165) is 0 Å². The predicted molar refractivity (Wildman–Crippen MR) is 56.0 cm³/mol. The van der Waals surface area contributed by atoms with Crippen molar-refractivity contribution in [1.29, 1.82) is 0 Å². The highest BCUT2D eigenvalue weighted by Gasteiger charge is 2.45. The van der Waals surface area contributed by atoms with Crippen LogP contribution in [-0.4, -0.2) is 34.4 Å². The van der Waals surface area contributed by atoms with Crippen molar-refractivity contribution in [2.24, 2.45) is 5.92 Å². The van der Waals surface area contributed by atoms with Gasteiger partial charge in [0.25, 0.3) is 0 Å². The van der Waals surface area contributed by atoms with Crippen molar-refractivity contribution in [3.8, 4) is 0 Å². The first-order chi connectivity index (χ1) is 7.43. The van der Waals surface area contributed by atoms with Gasteiger partial charge in [0.15, 0.2) is 0 Å². The van der Waals surface area contributed by atoms with Crippen LogP contribution in [0.5, 0.6) is 0 Å². The quantitative estimate of drug-likeness (QED) is 0.748. The fourth-order valence-corrected chi connectivity index (χ4v) is 1.85. The highest BCUT2D eigenvalue weighted by molar-refractivity contribution is 5.92. The molecule has 0 bridgehead atoms. The van der Waals surface area contributed by atoms with Crippen LogP contribution in [0.15, 0.2) is 23.8 Å². The van der Waals surface area contributed by atoms with Crippen molar-refractivity contribution in [3.63, 3.8) is 0 Å². The number of carbonyl (C=O) groups is 2. The molecule has 0 heterocycles. The summed E-state index contributed by atoms with van der Waals surface area (Å²) in [5.41, 5.74) is -1.36. The maximum absolute atomic E-state index is 11.1. The Morgan fingerprint density at radius 3 is 2.56 bits per heavy atom. The van der Waals surface area contributed by atoms with Crippen LogP contribution in [0.4, 0.5) is 0 Å². The lowest BCUT2D eigenvalue weighted by atomic mass is 9.78. The average Bonchev–Trinajstić information content (AvgIpc) is 2.16. The third-order valence-corrected chi connectivity index (χ3v) is 2.64. The fourth-order valence-electron chi connectivity index (χ4n) is 1.85.